The standard InChI is InChI=1S/C17H24N6OS/c1-18-17(22-15-7-8-16-20-13-21-23(16)11-15)19-9-10-25(24)12-14-5-3-2-4-6-14/h2-6,13,15H,7-12H2,1H3,(H2,18,19,22). The van der Waals surface area contributed by atoms with Gasteiger partial charge < -0.3 is 10.6 Å². The summed E-state index contributed by atoms with van der Waals surface area (Å²) in [7, 11) is 0.862. The molecular weight excluding hydrogens is 336 g/mol. The third-order valence-electron chi connectivity index (χ3n) is 4.16. The molecule has 7 nitrogen and oxygen atoms in total. The summed E-state index contributed by atoms with van der Waals surface area (Å²) >= 11 is 0. The first kappa shape index (κ1) is 17.6. The summed E-state index contributed by atoms with van der Waals surface area (Å²) in [5.74, 6) is 2.96. The maximum absolute atomic E-state index is 12.2. The first-order valence-corrected chi connectivity index (χ1v) is 9.96. The smallest absolute Gasteiger partial charge is 0.191 e. The van der Waals surface area contributed by atoms with Gasteiger partial charge in [0.2, 0.25) is 0 Å². The number of aromatic nitrogens is 3. The lowest BCUT2D eigenvalue weighted by atomic mass is 10.1. The van der Waals surface area contributed by atoms with Gasteiger partial charge in [0, 0.05) is 48.4 Å². The van der Waals surface area contributed by atoms with E-state index in [-0.39, 0.29) is 6.04 Å². The minimum Gasteiger partial charge on any atom is -0.355 e. The minimum atomic E-state index is -0.888. The number of nitrogens with one attached hydrogen (secondary N) is 2. The van der Waals surface area contributed by atoms with Gasteiger partial charge in [-0.15, -0.1) is 0 Å². The highest BCUT2D eigenvalue weighted by molar-refractivity contribution is 7.84. The molecule has 0 radical (unpaired) electrons. The molecule has 0 saturated heterocycles. The van der Waals surface area contributed by atoms with E-state index in [1.165, 1.54) is 0 Å². The molecule has 2 heterocycles. The Hall–Kier alpha value is -2.22. The highest BCUT2D eigenvalue weighted by Crippen LogP contribution is 2.11. The summed E-state index contributed by atoms with van der Waals surface area (Å²) in [5, 5.41) is 10.9. The van der Waals surface area contributed by atoms with Crippen LogP contribution in [0.25, 0.3) is 0 Å². The summed E-state index contributed by atoms with van der Waals surface area (Å²) in [6, 6.07) is 10.2. The maximum Gasteiger partial charge on any atom is 0.191 e. The van der Waals surface area contributed by atoms with E-state index in [4.69, 9.17) is 0 Å². The van der Waals surface area contributed by atoms with E-state index in [1.807, 2.05) is 35.0 Å². The summed E-state index contributed by atoms with van der Waals surface area (Å²) in [5.41, 5.74) is 1.11. The van der Waals surface area contributed by atoms with Crippen LogP contribution in [0.2, 0.25) is 0 Å². The van der Waals surface area contributed by atoms with Crippen molar-refractivity contribution in [2.45, 2.75) is 31.2 Å². The molecule has 2 unspecified atom stereocenters. The predicted molar refractivity (Wildman–Crippen MR) is 99.8 cm³/mol. The number of benzene rings is 1. The van der Waals surface area contributed by atoms with Gasteiger partial charge >= 0.3 is 0 Å². The first-order valence-electron chi connectivity index (χ1n) is 8.47. The van der Waals surface area contributed by atoms with Crippen LogP contribution in [0, 0.1) is 0 Å². The Morgan fingerprint density at radius 1 is 1.40 bits per heavy atom. The van der Waals surface area contributed by atoms with Gasteiger partial charge in [-0.05, 0) is 12.0 Å². The highest BCUT2D eigenvalue weighted by Gasteiger charge is 2.20. The number of fused-ring (bicyclic) bond motifs is 1. The molecule has 2 aromatic rings. The Kier molecular flexibility index (Phi) is 6.16. The maximum atomic E-state index is 12.2. The van der Waals surface area contributed by atoms with Crippen molar-refractivity contribution in [2.75, 3.05) is 19.3 Å². The van der Waals surface area contributed by atoms with Crippen LogP contribution < -0.4 is 10.6 Å². The van der Waals surface area contributed by atoms with Crippen molar-refractivity contribution in [3.63, 3.8) is 0 Å². The molecular formula is C17H24N6OS. The van der Waals surface area contributed by atoms with Crippen LogP contribution >= 0.6 is 0 Å². The Bertz CT molecular complexity index is 730. The fourth-order valence-corrected chi connectivity index (χ4v) is 3.90. The summed E-state index contributed by atoms with van der Waals surface area (Å²) < 4.78 is 14.1. The van der Waals surface area contributed by atoms with E-state index in [0.29, 0.717) is 18.1 Å². The van der Waals surface area contributed by atoms with Gasteiger partial charge in [0.1, 0.15) is 12.2 Å². The molecule has 0 saturated carbocycles. The molecule has 0 spiro atoms. The zero-order valence-corrected chi connectivity index (χ0v) is 15.2. The van der Waals surface area contributed by atoms with Crippen LogP contribution in [0.3, 0.4) is 0 Å². The average molecular weight is 360 g/mol. The predicted octanol–water partition coefficient (Wildman–Crippen LogP) is 0.707. The lowest BCUT2D eigenvalue weighted by Gasteiger charge is -2.25. The Morgan fingerprint density at radius 3 is 3.04 bits per heavy atom. The Balaban J connectivity index is 1.40. The molecule has 1 aliphatic rings. The van der Waals surface area contributed by atoms with Crippen molar-refractivity contribution in [3.8, 4) is 0 Å². The molecule has 2 atom stereocenters. The third-order valence-corrected chi connectivity index (χ3v) is 5.48. The molecule has 0 amide bonds. The van der Waals surface area contributed by atoms with E-state index >= 15 is 0 Å². The van der Waals surface area contributed by atoms with Crippen molar-refractivity contribution in [1.82, 2.24) is 25.4 Å². The van der Waals surface area contributed by atoms with E-state index in [2.05, 4.69) is 25.7 Å². The second-order valence-corrected chi connectivity index (χ2v) is 7.59. The average Bonchev–Trinajstić information content (AvgIpc) is 3.09. The lowest BCUT2D eigenvalue weighted by molar-refractivity contribution is 0.393. The molecule has 2 N–H and O–H groups in total. The van der Waals surface area contributed by atoms with Crippen molar-refractivity contribution in [1.29, 1.82) is 0 Å². The highest BCUT2D eigenvalue weighted by atomic mass is 32.2. The van der Waals surface area contributed by atoms with Crippen LogP contribution in [0.1, 0.15) is 17.8 Å². The van der Waals surface area contributed by atoms with Crippen LogP contribution in [-0.4, -0.2) is 50.3 Å². The van der Waals surface area contributed by atoms with Gasteiger partial charge in [-0.3, -0.25) is 9.20 Å². The SMILES string of the molecule is CN=C(NCCS(=O)Cc1ccccc1)NC1CCc2ncnn2C1. The monoisotopic (exact) mass is 360 g/mol. The van der Waals surface area contributed by atoms with Crippen molar-refractivity contribution < 1.29 is 4.21 Å². The van der Waals surface area contributed by atoms with Crippen LogP contribution in [-0.2, 0) is 29.5 Å². The van der Waals surface area contributed by atoms with Gasteiger partial charge in [-0.25, -0.2) is 9.67 Å². The van der Waals surface area contributed by atoms with Gasteiger partial charge in [-0.2, -0.15) is 5.10 Å². The number of aliphatic imine (C=N–C) groups is 1. The van der Waals surface area contributed by atoms with Crippen LogP contribution in [0.5, 0.6) is 0 Å². The fourth-order valence-electron chi connectivity index (χ4n) is 2.86. The summed E-state index contributed by atoms with van der Waals surface area (Å²) in [6.45, 7) is 1.41. The van der Waals surface area contributed by atoms with Crippen molar-refractivity contribution in [3.05, 3.63) is 48.0 Å². The largest absolute Gasteiger partial charge is 0.355 e. The Morgan fingerprint density at radius 2 is 2.24 bits per heavy atom. The van der Waals surface area contributed by atoms with Crippen LogP contribution in [0.15, 0.2) is 41.7 Å². The van der Waals surface area contributed by atoms with Crippen molar-refractivity contribution >= 4 is 16.8 Å². The summed E-state index contributed by atoms with van der Waals surface area (Å²) in [6.07, 6.45) is 3.52. The van der Waals surface area contributed by atoms with E-state index in [1.54, 1.807) is 13.4 Å². The number of hydrogen-bond donors (Lipinski definition) is 2. The molecule has 0 fully saturated rings. The molecule has 8 heteroatoms. The minimum absolute atomic E-state index is 0.273. The first-order chi connectivity index (χ1) is 12.2. The quantitative estimate of drug-likeness (QED) is 0.585. The number of rotatable bonds is 6. The number of aryl methyl sites for hydroxylation is 1. The second kappa shape index (κ2) is 8.75. The molecule has 1 aliphatic heterocycles. The molecule has 3 rings (SSSR count). The molecule has 0 bridgehead atoms. The Labute approximate surface area is 150 Å². The van der Waals surface area contributed by atoms with Crippen molar-refractivity contribution in [2.24, 2.45) is 4.99 Å². The zero-order valence-electron chi connectivity index (χ0n) is 14.4. The van der Waals surface area contributed by atoms with E-state index in [0.717, 1.165) is 36.7 Å². The molecule has 1 aromatic carbocycles. The zero-order chi connectivity index (χ0) is 17.5. The molecule has 25 heavy (non-hydrogen) atoms. The topological polar surface area (TPSA) is 84.2 Å². The fraction of sp³-hybridized carbons (Fsp3) is 0.471. The number of guanidine groups is 1. The molecule has 134 valence electrons. The molecule has 1 aromatic heterocycles. The van der Waals surface area contributed by atoms with Gasteiger partial charge in [0.15, 0.2) is 5.96 Å². The summed E-state index contributed by atoms with van der Waals surface area (Å²) in [4.78, 5) is 8.50. The van der Waals surface area contributed by atoms with Crippen LogP contribution in [0.4, 0.5) is 0 Å². The number of nitrogens with zero attached hydrogens (tertiary/aromatic N) is 4. The normalized spacial score (nSPS) is 18.4. The van der Waals surface area contributed by atoms with E-state index in [9.17, 15) is 4.21 Å². The van der Waals surface area contributed by atoms with Gasteiger partial charge in [0.05, 0.1) is 6.54 Å². The van der Waals surface area contributed by atoms with Gasteiger partial charge in [0.25, 0.3) is 0 Å². The molecule has 0 aliphatic carbocycles. The lowest BCUT2D eigenvalue weighted by Crippen LogP contribution is -2.47. The second-order valence-electron chi connectivity index (χ2n) is 6.01. The number of hydrogen-bond acceptors (Lipinski definition) is 4. The van der Waals surface area contributed by atoms with E-state index < -0.39 is 10.8 Å². The van der Waals surface area contributed by atoms with Gasteiger partial charge in [-0.1, -0.05) is 30.3 Å². The third kappa shape index (κ3) is 5.12.